The zero-order valence-corrected chi connectivity index (χ0v) is 9.52. The molecule has 1 saturated heterocycles. The number of hydrogen-bond donors (Lipinski definition) is 2. The molecule has 0 spiro atoms. The molecule has 16 heavy (non-hydrogen) atoms. The Hall–Kier alpha value is -1.07. The molecular formula is C11H13FN2OS. The highest BCUT2D eigenvalue weighted by atomic mass is 32.2. The third-order valence-corrected chi connectivity index (χ3v) is 3.38. The average molecular weight is 240 g/mol. The van der Waals surface area contributed by atoms with Crippen molar-refractivity contribution in [1.82, 2.24) is 10.6 Å². The van der Waals surface area contributed by atoms with Gasteiger partial charge in [0.25, 0.3) is 0 Å². The second-order valence-electron chi connectivity index (χ2n) is 3.58. The van der Waals surface area contributed by atoms with Crippen LogP contribution < -0.4 is 10.6 Å². The van der Waals surface area contributed by atoms with Crippen molar-refractivity contribution in [3.05, 3.63) is 35.6 Å². The van der Waals surface area contributed by atoms with Crippen molar-refractivity contribution >= 4 is 17.7 Å². The Morgan fingerprint density at radius 3 is 3.06 bits per heavy atom. The van der Waals surface area contributed by atoms with E-state index in [4.69, 9.17) is 0 Å². The van der Waals surface area contributed by atoms with Gasteiger partial charge in [-0.2, -0.15) is 0 Å². The van der Waals surface area contributed by atoms with Crippen LogP contribution in [0.25, 0.3) is 0 Å². The van der Waals surface area contributed by atoms with E-state index in [1.54, 1.807) is 30.0 Å². The molecule has 0 saturated carbocycles. The van der Waals surface area contributed by atoms with Crippen molar-refractivity contribution in [2.24, 2.45) is 0 Å². The molecule has 1 aliphatic heterocycles. The molecule has 1 aromatic rings. The Balaban J connectivity index is 1.87. The van der Waals surface area contributed by atoms with Crippen LogP contribution in [0.4, 0.5) is 4.39 Å². The fraction of sp³-hybridized carbons (Fsp3) is 0.364. The number of hydrogen-bond acceptors (Lipinski definition) is 3. The van der Waals surface area contributed by atoms with Gasteiger partial charge >= 0.3 is 0 Å². The molecular weight excluding hydrogens is 227 g/mol. The van der Waals surface area contributed by atoms with Gasteiger partial charge in [-0.3, -0.25) is 10.1 Å². The van der Waals surface area contributed by atoms with E-state index in [-0.39, 0.29) is 24.3 Å². The molecule has 2 rings (SSSR count). The molecule has 1 aromatic carbocycles. The van der Waals surface area contributed by atoms with E-state index >= 15 is 0 Å². The van der Waals surface area contributed by atoms with E-state index in [9.17, 15) is 9.18 Å². The second kappa shape index (κ2) is 5.32. The smallest absolute Gasteiger partial charge is 0.238 e. The van der Waals surface area contributed by atoms with Crippen LogP contribution >= 0.6 is 11.8 Å². The standard InChI is InChI=1S/C11H13FN2OS/c12-9-4-2-1-3-8(9)5-13-11(15)10-6-16-7-14-10/h1-4,10,14H,5-7H2,(H,13,15). The zero-order chi connectivity index (χ0) is 11.4. The Kier molecular flexibility index (Phi) is 3.79. The SMILES string of the molecule is O=C(NCc1ccccc1F)C1CSCN1. The molecule has 5 heteroatoms. The first-order chi connectivity index (χ1) is 7.77. The molecule has 1 atom stereocenters. The Labute approximate surface area is 97.8 Å². The number of benzene rings is 1. The fourth-order valence-electron chi connectivity index (χ4n) is 1.51. The monoisotopic (exact) mass is 240 g/mol. The lowest BCUT2D eigenvalue weighted by atomic mass is 10.2. The van der Waals surface area contributed by atoms with E-state index in [0.29, 0.717) is 5.56 Å². The molecule has 1 amide bonds. The maximum atomic E-state index is 13.2. The summed E-state index contributed by atoms with van der Waals surface area (Å²) in [4.78, 5) is 11.6. The lowest BCUT2D eigenvalue weighted by Gasteiger charge is -2.10. The maximum absolute atomic E-state index is 13.2. The van der Waals surface area contributed by atoms with Gasteiger partial charge in [0, 0.05) is 23.7 Å². The minimum absolute atomic E-state index is 0.0618. The van der Waals surface area contributed by atoms with Gasteiger partial charge in [-0.15, -0.1) is 11.8 Å². The minimum Gasteiger partial charge on any atom is -0.351 e. The third kappa shape index (κ3) is 2.74. The zero-order valence-electron chi connectivity index (χ0n) is 8.70. The van der Waals surface area contributed by atoms with E-state index in [0.717, 1.165) is 11.6 Å². The summed E-state index contributed by atoms with van der Waals surface area (Å²) < 4.78 is 13.2. The van der Waals surface area contributed by atoms with Crippen molar-refractivity contribution < 1.29 is 9.18 Å². The Morgan fingerprint density at radius 2 is 2.38 bits per heavy atom. The van der Waals surface area contributed by atoms with E-state index < -0.39 is 0 Å². The third-order valence-electron chi connectivity index (χ3n) is 2.44. The van der Waals surface area contributed by atoms with Gasteiger partial charge < -0.3 is 5.32 Å². The van der Waals surface area contributed by atoms with E-state index in [1.807, 2.05) is 0 Å². The van der Waals surface area contributed by atoms with Crippen LogP contribution in [-0.4, -0.2) is 23.6 Å². The van der Waals surface area contributed by atoms with E-state index in [1.165, 1.54) is 6.07 Å². The number of carbonyl (C=O) groups excluding carboxylic acids is 1. The number of rotatable bonds is 3. The molecule has 3 nitrogen and oxygen atoms in total. The molecule has 1 unspecified atom stereocenters. The van der Waals surface area contributed by atoms with Crippen molar-refractivity contribution in [3.63, 3.8) is 0 Å². The van der Waals surface area contributed by atoms with E-state index in [2.05, 4.69) is 10.6 Å². The summed E-state index contributed by atoms with van der Waals surface area (Å²) >= 11 is 1.69. The summed E-state index contributed by atoms with van der Waals surface area (Å²) in [5.74, 6) is 1.24. The van der Waals surface area contributed by atoms with Crippen LogP contribution in [-0.2, 0) is 11.3 Å². The first-order valence-electron chi connectivity index (χ1n) is 5.09. The van der Waals surface area contributed by atoms with Gasteiger partial charge in [0.05, 0.1) is 6.04 Å². The summed E-state index contributed by atoms with van der Waals surface area (Å²) in [6, 6.07) is 6.32. The van der Waals surface area contributed by atoms with Gasteiger partial charge in [0.15, 0.2) is 0 Å². The first kappa shape index (κ1) is 11.4. The molecule has 0 radical (unpaired) electrons. The van der Waals surface area contributed by atoms with Crippen LogP contribution in [0.3, 0.4) is 0 Å². The number of nitrogens with one attached hydrogen (secondary N) is 2. The molecule has 1 heterocycles. The van der Waals surface area contributed by atoms with Gasteiger partial charge in [-0.1, -0.05) is 18.2 Å². The van der Waals surface area contributed by atoms with Gasteiger partial charge in [-0.25, -0.2) is 4.39 Å². The largest absolute Gasteiger partial charge is 0.351 e. The highest BCUT2D eigenvalue weighted by Crippen LogP contribution is 2.10. The lowest BCUT2D eigenvalue weighted by Crippen LogP contribution is -2.41. The number of halogens is 1. The molecule has 1 fully saturated rings. The van der Waals surface area contributed by atoms with Crippen LogP contribution in [0.1, 0.15) is 5.56 Å². The summed E-state index contributed by atoms with van der Waals surface area (Å²) in [7, 11) is 0. The van der Waals surface area contributed by atoms with Gasteiger partial charge in [-0.05, 0) is 6.07 Å². The highest BCUT2D eigenvalue weighted by Gasteiger charge is 2.21. The first-order valence-corrected chi connectivity index (χ1v) is 6.25. The van der Waals surface area contributed by atoms with Crippen LogP contribution in [0.2, 0.25) is 0 Å². The molecule has 0 bridgehead atoms. The molecule has 1 aliphatic rings. The molecule has 0 aliphatic carbocycles. The lowest BCUT2D eigenvalue weighted by molar-refractivity contribution is -0.122. The topological polar surface area (TPSA) is 41.1 Å². The molecule has 2 N–H and O–H groups in total. The van der Waals surface area contributed by atoms with Crippen molar-refractivity contribution in [2.45, 2.75) is 12.6 Å². The number of amides is 1. The number of carbonyl (C=O) groups is 1. The van der Waals surface area contributed by atoms with Crippen LogP contribution in [0.5, 0.6) is 0 Å². The normalized spacial score (nSPS) is 19.7. The summed E-state index contributed by atoms with van der Waals surface area (Å²) in [5, 5.41) is 5.79. The van der Waals surface area contributed by atoms with Gasteiger partial charge in [0.2, 0.25) is 5.91 Å². The summed E-state index contributed by atoms with van der Waals surface area (Å²) in [5.41, 5.74) is 0.515. The number of thioether (sulfide) groups is 1. The molecule has 0 aromatic heterocycles. The summed E-state index contributed by atoms with van der Waals surface area (Å²) in [6.45, 7) is 0.244. The average Bonchev–Trinajstić information content (AvgIpc) is 2.81. The quantitative estimate of drug-likeness (QED) is 0.831. The van der Waals surface area contributed by atoms with Gasteiger partial charge in [0.1, 0.15) is 5.82 Å². The molecule has 86 valence electrons. The van der Waals surface area contributed by atoms with Crippen molar-refractivity contribution in [2.75, 3.05) is 11.6 Å². The predicted octanol–water partition coefficient (Wildman–Crippen LogP) is 1.10. The fourth-order valence-corrected chi connectivity index (χ4v) is 2.45. The predicted molar refractivity (Wildman–Crippen MR) is 62.5 cm³/mol. The van der Waals surface area contributed by atoms with Crippen molar-refractivity contribution in [3.8, 4) is 0 Å². The maximum Gasteiger partial charge on any atom is 0.238 e. The summed E-state index contributed by atoms with van der Waals surface area (Å²) in [6.07, 6.45) is 0. The Morgan fingerprint density at radius 1 is 1.56 bits per heavy atom. The second-order valence-corrected chi connectivity index (χ2v) is 4.61. The minimum atomic E-state index is -0.281. The van der Waals surface area contributed by atoms with Crippen LogP contribution in [0.15, 0.2) is 24.3 Å². The van der Waals surface area contributed by atoms with Crippen molar-refractivity contribution in [1.29, 1.82) is 0 Å². The Bertz CT molecular complexity index is 380. The van der Waals surface area contributed by atoms with Crippen LogP contribution in [0, 0.1) is 5.82 Å². The highest BCUT2D eigenvalue weighted by molar-refractivity contribution is 7.99.